The van der Waals surface area contributed by atoms with Crippen LogP contribution in [0.1, 0.15) is 16.7 Å². The quantitative estimate of drug-likeness (QED) is 0.699. The summed E-state index contributed by atoms with van der Waals surface area (Å²) in [6, 6.07) is 11.5. The van der Waals surface area contributed by atoms with E-state index in [-0.39, 0.29) is 23.6 Å². The number of sulfone groups is 1. The van der Waals surface area contributed by atoms with E-state index in [1.165, 1.54) is 16.7 Å². The Bertz CT molecular complexity index is 1100. The maximum Gasteiger partial charge on any atom is 0.164 e. The van der Waals surface area contributed by atoms with Crippen molar-refractivity contribution in [2.45, 2.75) is 31.7 Å². The van der Waals surface area contributed by atoms with Gasteiger partial charge in [-0.15, -0.1) is 0 Å². The fourth-order valence-corrected chi connectivity index (χ4v) is 6.84. The number of aryl methyl sites for hydroxylation is 2. The van der Waals surface area contributed by atoms with E-state index in [9.17, 15) is 8.42 Å². The van der Waals surface area contributed by atoms with Gasteiger partial charge in [0.25, 0.3) is 0 Å². The van der Waals surface area contributed by atoms with Crippen molar-refractivity contribution in [1.82, 2.24) is 0 Å². The van der Waals surface area contributed by atoms with Gasteiger partial charge in [0.15, 0.2) is 15.0 Å². The highest BCUT2D eigenvalue weighted by Crippen LogP contribution is 2.41. The molecule has 0 unspecified atom stereocenters. The van der Waals surface area contributed by atoms with Gasteiger partial charge in [-0.1, -0.05) is 30.0 Å². The van der Waals surface area contributed by atoms with Crippen molar-refractivity contribution in [2.75, 3.05) is 30.6 Å². The van der Waals surface area contributed by atoms with Crippen molar-refractivity contribution < 1.29 is 17.9 Å². The Morgan fingerprint density at radius 3 is 2.57 bits per heavy atom. The molecule has 2 aliphatic rings. The molecular formula is C22H26N2O4S2. The van der Waals surface area contributed by atoms with Gasteiger partial charge in [-0.3, -0.25) is 4.99 Å². The average Bonchev–Trinajstić information content (AvgIpc) is 3.19. The van der Waals surface area contributed by atoms with Gasteiger partial charge in [0.2, 0.25) is 0 Å². The van der Waals surface area contributed by atoms with Gasteiger partial charge in [0.1, 0.15) is 11.5 Å². The summed E-state index contributed by atoms with van der Waals surface area (Å²) >= 11 is 1.63. The van der Waals surface area contributed by atoms with Crippen LogP contribution in [0.5, 0.6) is 11.5 Å². The van der Waals surface area contributed by atoms with Gasteiger partial charge in [-0.2, -0.15) is 0 Å². The summed E-state index contributed by atoms with van der Waals surface area (Å²) in [5.74, 6) is 2.30. The van der Waals surface area contributed by atoms with E-state index in [2.05, 4.69) is 32.0 Å². The Kier molecular flexibility index (Phi) is 5.72. The predicted molar refractivity (Wildman–Crippen MR) is 123 cm³/mol. The first-order chi connectivity index (χ1) is 14.3. The van der Waals surface area contributed by atoms with Crippen LogP contribution < -0.4 is 14.4 Å². The van der Waals surface area contributed by atoms with Gasteiger partial charge in [-0.05, 0) is 42.7 Å². The molecule has 0 N–H and O–H groups in total. The second kappa shape index (κ2) is 8.15. The van der Waals surface area contributed by atoms with Crippen LogP contribution in [-0.4, -0.2) is 51.4 Å². The second-order valence-electron chi connectivity index (χ2n) is 7.74. The topological polar surface area (TPSA) is 68.2 Å². The zero-order chi connectivity index (χ0) is 21.5. The second-order valence-corrected chi connectivity index (χ2v) is 10.8. The molecule has 30 heavy (non-hydrogen) atoms. The molecule has 2 aliphatic heterocycles. The van der Waals surface area contributed by atoms with Crippen LogP contribution in [0.15, 0.2) is 41.4 Å². The third-order valence-corrected chi connectivity index (χ3v) is 8.43. The van der Waals surface area contributed by atoms with E-state index in [1.807, 2.05) is 23.1 Å². The Hall–Kier alpha value is -2.19. The van der Waals surface area contributed by atoms with Gasteiger partial charge in [0.05, 0.1) is 43.5 Å². The number of benzene rings is 2. The Morgan fingerprint density at radius 2 is 1.87 bits per heavy atom. The highest BCUT2D eigenvalue weighted by molar-refractivity contribution is 8.13. The largest absolute Gasteiger partial charge is 0.497 e. The SMILES string of the molecule is COc1ccc(OC)c(N2C(SCc3ccc(C)c(C)c3)=N[C@@H]3CS(=O)(=O)C[C@@H]32)c1. The highest BCUT2D eigenvalue weighted by Gasteiger charge is 2.47. The van der Waals surface area contributed by atoms with Crippen LogP contribution in [0.4, 0.5) is 5.69 Å². The number of amidine groups is 1. The van der Waals surface area contributed by atoms with Crippen LogP contribution in [0, 0.1) is 13.8 Å². The Morgan fingerprint density at radius 1 is 1.07 bits per heavy atom. The van der Waals surface area contributed by atoms with E-state index < -0.39 is 9.84 Å². The van der Waals surface area contributed by atoms with E-state index in [0.717, 1.165) is 16.6 Å². The smallest absolute Gasteiger partial charge is 0.164 e. The molecule has 0 aliphatic carbocycles. The van der Waals surface area contributed by atoms with Gasteiger partial charge in [0, 0.05) is 11.8 Å². The first kappa shape index (κ1) is 21.1. The molecule has 6 nitrogen and oxygen atoms in total. The number of ether oxygens (including phenoxy) is 2. The summed E-state index contributed by atoms with van der Waals surface area (Å²) in [7, 11) is 0.115. The lowest BCUT2D eigenvalue weighted by atomic mass is 10.1. The van der Waals surface area contributed by atoms with Crippen molar-refractivity contribution in [1.29, 1.82) is 0 Å². The van der Waals surface area contributed by atoms with Crippen LogP contribution in [0.25, 0.3) is 0 Å². The van der Waals surface area contributed by atoms with Crippen molar-refractivity contribution in [2.24, 2.45) is 4.99 Å². The molecule has 0 amide bonds. The van der Waals surface area contributed by atoms with Crippen molar-refractivity contribution in [3.63, 3.8) is 0 Å². The minimum absolute atomic E-state index is 0.0914. The third-order valence-electron chi connectivity index (χ3n) is 5.69. The zero-order valence-corrected chi connectivity index (χ0v) is 19.2. The molecule has 0 radical (unpaired) electrons. The molecule has 160 valence electrons. The molecule has 0 saturated carbocycles. The van der Waals surface area contributed by atoms with E-state index in [0.29, 0.717) is 11.5 Å². The standard InChI is InChI=1S/C22H26N2O4S2/c1-14-5-6-16(9-15(14)2)11-29-22-23-18-12-30(25,26)13-20(18)24(22)19-10-17(27-3)7-8-21(19)28-4/h5-10,18,20H,11-13H2,1-4H3/t18-,20+/m1/s1. The van der Waals surface area contributed by atoms with E-state index in [1.54, 1.807) is 26.0 Å². The molecular weight excluding hydrogens is 420 g/mol. The summed E-state index contributed by atoms with van der Waals surface area (Å²) < 4.78 is 35.6. The van der Waals surface area contributed by atoms with Crippen molar-refractivity contribution in [3.8, 4) is 11.5 Å². The van der Waals surface area contributed by atoms with Gasteiger partial charge < -0.3 is 14.4 Å². The normalized spacial score (nSPS) is 22.0. The molecule has 1 fully saturated rings. The van der Waals surface area contributed by atoms with E-state index >= 15 is 0 Å². The van der Waals surface area contributed by atoms with Crippen LogP contribution in [-0.2, 0) is 15.6 Å². The van der Waals surface area contributed by atoms with Crippen molar-refractivity contribution in [3.05, 3.63) is 53.1 Å². The number of rotatable bonds is 5. The van der Waals surface area contributed by atoms with Crippen LogP contribution in [0.3, 0.4) is 0 Å². The maximum absolute atomic E-state index is 12.3. The lowest BCUT2D eigenvalue weighted by Crippen LogP contribution is -2.39. The molecule has 4 rings (SSSR count). The fraction of sp³-hybridized carbons (Fsp3) is 0.409. The molecule has 0 aromatic heterocycles. The summed E-state index contributed by atoms with van der Waals surface area (Å²) in [5, 5.41) is 0.824. The number of hydrogen-bond acceptors (Lipinski definition) is 7. The molecule has 2 aromatic carbocycles. The van der Waals surface area contributed by atoms with Crippen molar-refractivity contribution >= 4 is 32.5 Å². The first-order valence-corrected chi connectivity index (χ1v) is 12.6. The first-order valence-electron chi connectivity index (χ1n) is 9.79. The molecule has 2 heterocycles. The molecule has 1 saturated heterocycles. The number of hydrogen-bond donors (Lipinski definition) is 0. The molecule has 0 bridgehead atoms. The number of thioether (sulfide) groups is 1. The molecule has 0 spiro atoms. The average molecular weight is 447 g/mol. The Labute approximate surface area is 182 Å². The number of fused-ring (bicyclic) bond motifs is 1. The molecule has 2 aromatic rings. The predicted octanol–water partition coefficient (Wildman–Crippen LogP) is 3.60. The fourth-order valence-electron chi connectivity index (χ4n) is 3.94. The monoisotopic (exact) mass is 446 g/mol. The van der Waals surface area contributed by atoms with Crippen LogP contribution >= 0.6 is 11.8 Å². The minimum atomic E-state index is -3.11. The number of nitrogens with zero attached hydrogens (tertiary/aromatic N) is 2. The lowest BCUT2D eigenvalue weighted by Gasteiger charge is -2.28. The van der Waals surface area contributed by atoms with E-state index in [4.69, 9.17) is 14.5 Å². The Balaban J connectivity index is 1.68. The summed E-state index contributed by atoms with van der Waals surface area (Å²) in [6.07, 6.45) is 0. The van der Waals surface area contributed by atoms with Crippen LogP contribution in [0.2, 0.25) is 0 Å². The number of anilines is 1. The summed E-state index contributed by atoms with van der Waals surface area (Å²) in [4.78, 5) is 6.85. The minimum Gasteiger partial charge on any atom is -0.497 e. The lowest BCUT2D eigenvalue weighted by molar-refractivity contribution is 0.403. The number of aliphatic imine (C=N–C) groups is 1. The summed E-state index contributed by atoms with van der Waals surface area (Å²) in [5.41, 5.74) is 4.53. The van der Waals surface area contributed by atoms with Gasteiger partial charge >= 0.3 is 0 Å². The third kappa shape index (κ3) is 4.03. The zero-order valence-electron chi connectivity index (χ0n) is 17.6. The number of methoxy groups -OCH3 is 2. The molecule has 8 heteroatoms. The summed E-state index contributed by atoms with van der Waals surface area (Å²) in [6.45, 7) is 4.21. The molecule has 2 atom stereocenters. The highest BCUT2D eigenvalue weighted by atomic mass is 32.2. The van der Waals surface area contributed by atoms with Gasteiger partial charge in [-0.25, -0.2) is 8.42 Å². The maximum atomic E-state index is 12.3.